The van der Waals surface area contributed by atoms with Crippen LogP contribution in [0.25, 0.3) is 0 Å². The quantitative estimate of drug-likeness (QED) is 0.905. The Morgan fingerprint density at radius 1 is 1.50 bits per heavy atom. The average molecular weight is 327 g/mol. The van der Waals surface area contributed by atoms with Gasteiger partial charge in [-0.2, -0.15) is 0 Å². The van der Waals surface area contributed by atoms with Crippen LogP contribution in [-0.4, -0.2) is 36.0 Å². The summed E-state index contributed by atoms with van der Waals surface area (Å²) in [6.45, 7) is 7.49. The number of ether oxygens (including phenoxy) is 1. The minimum Gasteiger partial charge on any atom is -0.481 e. The SMILES string of the molecule is CCC(Oc1cccc(C)c1)C(=O)N1CC(CN)CC1C.Cl. The Hall–Kier alpha value is -1.26. The molecule has 1 aromatic rings. The van der Waals surface area contributed by atoms with Crippen LogP contribution in [0, 0.1) is 12.8 Å². The highest BCUT2D eigenvalue weighted by Crippen LogP contribution is 2.24. The molecule has 1 amide bonds. The second kappa shape index (κ2) is 8.39. The van der Waals surface area contributed by atoms with E-state index in [2.05, 4.69) is 6.92 Å². The molecule has 1 aliphatic rings. The lowest BCUT2D eigenvalue weighted by Crippen LogP contribution is -2.43. The maximum absolute atomic E-state index is 12.7. The average Bonchev–Trinajstić information content (AvgIpc) is 2.85. The van der Waals surface area contributed by atoms with E-state index in [0.29, 0.717) is 18.9 Å². The molecule has 1 saturated heterocycles. The third kappa shape index (κ3) is 4.37. The number of amides is 1. The first-order valence-electron chi connectivity index (χ1n) is 7.79. The maximum atomic E-state index is 12.7. The molecule has 4 nitrogen and oxygen atoms in total. The number of carbonyl (C=O) groups is 1. The Morgan fingerprint density at radius 2 is 2.23 bits per heavy atom. The summed E-state index contributed by atoms with van der Waals surface area (Å²) in [5.41, 5.74) is 6.87. The highest BCUT2D eigenvalue weighted by atomic mass is 35.5. The highest BCUT2D eigenvalue weighted by molar-refractivity contribution is 5.85. The molecule has 2 rings (SSSR count). The molecule has 1 heterocycles. The van der Waals surface area contributed by atoms with E-state index in [0.717, 1.165) is 24.3 Å². The van der Waals surface area contributed by atoms with E-state index < -0.39 is 6.10 Å². The van der Waals surface area contributed by atoms with Crippen LogP contribution >= 0.6 is 12.4 Å². The lowest BCUT2D eigenvalue weighted by Gasteiger charge is -2.27. The van der Waals surface area contributed by atoms with Crippen molar-refractivity contribution in [1.29, 1.82) is 0 Å². The van der Waals surface area contributed by atoms with Gasteiger partial charge in [0, 0.05) is 12.6 Å². The summed E-state index contributed by atoms with van der Waals surface area (Å²) in [5.74, 6) is 1.26. The summed E-state index contributed by atoms with van der Waals surface area (Å²) in [4.78, 5) is 14.6. The van der Waals surface area contributed by atoms with Gasteiger partial charge in [0.15, 0.2) is 6.10 Å². The van der Waals surface area contributed by atoms with Gasteiger partial charge < -0.3 is 15.4 Å². The number of benzene rings is 1. The minimum atomic E-state index is -0.411. The van der Waals surface area contributed by atoms with Gasteiger partial charge >= 0.3 is 0 Å². The smallest absolute Gasteiger partial charge is 0.263 e. The Bertz CT molecular complexity index is 495. The predicted molar refractivity (Wildman–Crippen MR) is 91.5 cm³/mol. The van der Waals surface area contributed by atoms with E-state index >= 15 is 0 Å². The van der Waals surface area contributed by atoms with Gasteiger partial charge in [0.25, 0.3) is 5.91 Å². The summed E-state index contributed by atoms with van der Waals surface area (Å²) >= 11 is 0. The third-order valence-electron chi connectivity index (χ3n) is 4.19. The van der Waals surface area contributed by atoms with Gasteiger partial charge in [0.1, 0.15) is 5.75 Å². The van der Waals surface area contributed by atoms with Crippen LogP contribution in [-0.2, 0) is 4.79 Å². The molecule has 1 aliphatic heterocycles. The Balaban J connectivity index is 0.00000242. The van der Waals surface area contributed by atoms with Crippen molar-refractivity contribution in [2.75, 3.05) is 13.1 Å². The van der Waals surface area contributed by atoms with E-state index in [9.17, 15) is 4.79 Å². The van der Waals surface area contributed by atoms with Crippen molar-refractivity contribution in [2.24, 2.45) is 11.7 Å². The molecule has 0 radical (unpaired) electrons. The van der Waals surface area contributed by atoms with E-state index in [4.69, 9.17) is 10.5 Å². The number of carbonyl (C=O) groups excluding carboxylic acids is 1. The summed E-state index contributed by atoms with van der Waals surface area (Å²) in [7, 11) is 0. The van der Waals surface area contributed by atoms with E-state index in [1.54, 1.807) is 0 Å². The normalized spacial score (nSPS) is 22.1. The number of likely N-dealkylation sites (tertiary alicyclic amines) is 1. The van der Waals surface area contributed by atoms with Crippen LogP contribution in [0.3, 0.4) is 0 Å². The first kappa shape index (κ1) is 18.8. The monoisotopic (exact) mass is 326 g/mol. The molecule has 0 spiro atoms. The fourth-order valence-electron chi connectivity index (χ4n) is 2.97. The second-order valence-electron chi connectivity index (χ2n) is 6.01. The van der Waals surface area contributed by atoms with Crippen molar-refractivity contribution in [1.82, 2.24) is 4.90 Å². The van der Waals surface area contributed by atoms with E-state index in [1.165, 1.54) is 0 Å². The van der Waals surface area contributed by atoms with E-state index in [1.807, 2.05) is 43.0 Å². The van der Waals surface area contributed by atoms with Crippen molar-refractivity contribution in [3.8, 4) is 5.75 Å². The molecular weight excluding hydrogens is 300 g/mol. The molecule has 0 aliphatic carbocycles. The first-order chi connectivity index (χ1) is 10.0. The number of hydrogen-bond donors (Lipinski definition) is 1. The van der Waals surface area contributed by atoms with Gasteiger partial charge in [0.2, 0.25) is 0 Å². The molecule has 2 N–H and O–H groups in total. The maximum Gasteiger partial charge on any atom is 0.263 e. The van der Waals surface area contributed by atoms with Gasteiger partial charge in [-0.05, 0) is 56.8 Å². The summed E-state index contributed by atoms with van der Waals surface area (Å²) in [5, 5.41) is 0. The molecule has 22 heavy (non-hydrogen) atoms. The molecule has 124 valence electrons. The first-order valence-corrected chi connectivity index (χ1v) is 7.79. The van der Waals surface area contributed by atoms with Crippen LogP contribution < -0.4 is 10.5 Å². The minimum absolute atomic E-state index is 0. The molecule has 0 saturated carbocycles. The highest BCUT2D eigenvalue weighted by Gasteiger charge is 2.35. The summed E-state index contributed by atoms with van der Waals surface area (Å²) in [6, 6.07) is 8.08. The topological polar surface area (TPSA) is 55.6 Å². The Labute approximate surface area is 139 Å². The number of aryl methyl sites for hydroxylation is 1. The van der Waals surface area contributed by atoms with Gasteiger partial charge in [-0.25, -0.2) is 0 Å². The van der Waals surface area contributed by atoms with Gasteiger partial charge in [-0.15, -0.1) is 12.4 Å². The van der Waals surface area contributed by atoms with Gasteiger partial charge in [-0.3, -0.25) is 4.79 Å². The molecular formula is C17H27ClN2O2. The van der Waals surface area contributed by atoms with Crippen molar-refractivity contribution in [3.05, 3.63) is 29.8 Å². The predicted octanol–water partition coefficient (Wildman–Crippen LogP) is 2.77. The molecule has 3 atom stereocenters. The number of hydrogen-bond acceptors (Lipinski definition) is 3. The standard InChI is InChI=1S/C17H26N2O2.ClH/c1-4-16(21-15-7-5-6-12(2)8-15)17(20)19-11-14(10-18)9-13(19)3;/h5-8,13-14,16H,4,9-11,18H2,1-3H3;1H. The largest absolute Gasteiger partial charge is 0.481 e. The van der Waals surface area contributed by atoms with Crippen LogP contribution in [0.2, 0.25) is 0 Å². The zero-order valence-electron chi connectivity index (χ0n) is 13.6. The van der Waals surface area contributed by atoms with Gasteiger partial charge in [0.05, 0.1) is 0 Å². The van der Waals surface area contributed by atoms with Crippen LogP contribution in [0.15, 0.2) is 24.3 Å². The summed E-state index contributed by atoms with van der Waals surface area (Å²) < 4.78 is 5.91. The van der Waals surface area contributed by atoms with Gasteiger partial charge in [-0.1, -0.05) is 19.1 Å². The lowest BCUT2D eigenvalue weighted by atomic mass is 10.1. The molecule has 1 fully saturated rings. The lowest BCUT2D eigenvalue weighted by molar-refractivity contribution is -0.139. The number of rotatable bonds is 5. The van der Waals surface area contributed by atoms with Crippen molar-refractivity contribution < 1.29 is 9.53 Å². The van der Waals surface area contributed by atoms with E-state index in [-0.39, 0.29) is 24.4 Å². The number of nitrogens with two attached hydrogens (primary N) is 1. The molecule has 1 aromatic carbocycles. The molecule has 3 unspecified atom stereocenters. The zero-order valence-corrected chi connectivity index (χ0v) is 14.4. The zero-order chi connectivity index (χ0) is 15.4. The summed E-state index contributed by atoms with van der Waals surface area (Å²) in [6.07, 6.45) is 1.25. The van der Waals surface area contributed by atoms with Crippen LogP contribution in [0.1, 0.15) is 32.3 Å². The number of halogens is 1. The molecule has 0 bridgehead atoms. The van der Waals surface area contributed by atoms with Crippen LogP contribution in [0.4, 0.5) is 0 Å². The fraction of sp³-hybridized carbons (Fsp3) is 0.588. The number of nitrogens with zero attached hydrogens (tertiary/aromatic N) is 1. The third-order valence-corrected chi connectivity index (χ3v) is 4.19. The van der Waals surface area contributed by atoms with Crippen molar-refractivity contribution >= 4 is 18.3 Å². The van der Waals surface area contributed by atoms with Crippen molar-refractivity contribution in [2.45, 2.75) is 45.8 Å². The fourth-order valence-corrected chi connectivity index (χ4v) is 2.97. The molecule has 0 aromatic heterocycles. The Morgan fingerprint density at radius 3 is 2.77 bits per heavy atom. The van der Waals surface area contributed by atoms with Crippen molar-refractivity contribution in [3.63, 3.8) is 0 Å². The van der Waals surface area contributed by atoms with Crippen LogP contribution in [0.5, 0.6) is 5.75 Å². The Kier molecular flexibility index (Phi) is 7.17. The molecule has 5 heteroatoms. The second-order valence-corrected chi connectivity index (χ2v) is 6.01.